The SMILES string of the molecule is OC(CCC1CCCO1)C1CCC2CCCCC2C1. The average molecular weight is 266 g/mol. The van der Waals surface area contributed by atoms with Crippen molar-refractivity contribution in [3.8, 4) is 0 Å². The molecule has 1 N–H and O–H groups in total. The molecule has 5 atom stereocenters. The lowest BCUT2D eigenvalue weighted by Crippen LogP contribution is -2.33. The standard InChI is InChI=1S/C17H30O2/c18-17(10-9-16-6-3-11-19-16)15-8-7-13-4-1-2-5-14(13)12-15/h13-18H,1-12H2. The van der Waals surface area contributed by atoms with Gasteiger partial charge in [-0.15, -0.1) is 0 Å². The lowest BCUT2D eigenvalue weighted by Gasteiger charge is -2.41. The van der Waals surface area contributed by atoms with Crippen LogP contribution in [-0.2, 0) is 4.74 Å². The van der Waals surface area contributed by atoms with Crippen LogP contribution in [0.4, 0.5) is 0 Å². The Hall–Kier alpha value is -0.0800. The molecule has 19 heavy (non-hydrogen) atoms. The Morgan fingerprint density at radius 2 is 1.79 bits per heavy atom. The van der Waals surface area contributed by atoms with Crippen molar-refractivity contribution in [3.63, 3.8) is 0 Å². The average Bonchev–Trinajstić information content (AvgIpc) is 2.97. The zero-order chi connectivity index (χ0) is 13.1. The molecule has 0 bridgehead atoms. The van der Waals surface area contributed by atoms with Crippen molar-refractivity contribution >= 4 is 0 Å². The number of aliphatic hydroxyl groups is 1. The Kier molecular flexibility index (Phi) is 4.81. The van der Waals surface area contributed by atoms with Crippen molar-refractivity contribution in [2.45, 2.75) is 82.8 Å². The van der Waals surface area contributed by atoms with Crippen molar-refractivity contribution in [1.82, 2.24) is 0 Å². The van der Waals surface area contributed by atoms with Gasteiger partial charge in [0.05, 0.1) is 12.2 Å². The first kappa shape index (κ1) is 13.9. The zero-order valence-electron chi connectivity index (χ0n) is 12.2. The summed E-state index contributed by atoms with van der Waals surface area (Å²) in [5.74, 6) is 2.51. The van der Waals surface area contributed by atoms with Crippen LogP contribution >= 0.6 is 0 Å². The van der Waals surface area contributed by atoms with Crippen LogP contribution in [0.2, 0.25) is 0 Å². The van der Waals surface area contributed by atoms with Crippen molar-refractivity contribution in [2.24, 2.45) is 17.8 Å². The summed E-state index contributed by atoms with van der Waals surface area (Å²) < 4.78 is 5.67. The summed E-state index contributed by atoms with van der Waals surface area (Å²) in [6.45, 7) is 0.938. The summed E-state index contributed by atoms with van der Waals surface area (Å²) in [6, 6.07) is 0. The number of fused-ring (bicyclic) bond motifs is 1. The van der Waals surface area contributed by atoms with Gasteiger partial charge in [0.25, 0.3) is 0 Å². The molecule has 0 aromatic rings. The third kappa shape index (κ3) is 3.52. The molecule has 1 saturated heterocycles. The fourth-order valence-electron chi connectivity index (χ4n) is 4.72. The first-order valence-electron chi connectivity index (χ1n) is 8.62. The van der Waals surface area contributed by atoms with E-state index >= 15 is 0 Å². The van der Waals surface area contributed by atoms with E-state index in [9.17, 15) is 5.11 Å². The van der Waals surface area contributed by atoms with Gasteiger partial charge in [-0.05, 0) is 62.7 Å². The Balaban J connectivity index is 1.43. The third-order valence-electron chi connectivity index (χ3n) is 5.93. The molecule has 0 amide bonds. The molecule has 2 saturated carbocycles. The van der Waals surface area contributed by atoms with Crippen LogP contribution in [0.3, 0.4) is 0 Å². The van der Waals surface area contributed by atoms with E-state index in [-0.39, 0.29) is 6.10 Å². The Morgan fingerprint density at radius 1 is 0.947 bits per heavy atom. The topological polar surface area (TPSA) is 29.5 Å². The van der Waals surface area contributed by atoms with Gasteiger partial charge < -0.3 is 9.84 Å². The molecular formula is C17H30O2. The third-order valence-corrected chi connectivity index (χ3v) is 5.93. The number of ether oxygens (including phenoxy) is 1. The van der Waals surface area contributed by atoms with Gasteiger partial charge in [-0.25, -0.2) is 0 Å². The van der Waals surface area contributed by atoms with Crippen LogP contribution in [0.15, 0.2) is 0 Å². The number of hydrogen-bond donors (Lipinski definition) is 1. The van der Waals surface area contributed by atoms with E-state index in [1.165, 1.54) is 57.8 Å². The molecule has 3 aliphatic rings. The van der Waals surface area contributed by atoms with E-state index in [2.05, 4.69) is 0 Å². The molecule has 1 heterocycles. The lowest BCUT2D eigenvalue weighted by molar-refractivity contribution is 0.0182. The first-order valence-corrected chi connectivity index (χ1v) is 8.62. The molecule has 3 rings (SSSR count). The maximum atomic E-state index is 10.5. The summed E-state index contributed by atoms with van der Waals surface area (Å²) in [7, 11) is 0. The van der Waals surface area contributed by atoms with E-state index in [0.29, 0.717) is 12.0 Å². The Morgan fingerprint density at radius 3 is 2.58 bits per heavy atom. The quantitative estimate of drug-likeness (QED) is 0.836. The van der Waals surface area contributed by atoms with Gasteiger partial charge in [0.1, 0.15) is 0 Å². The molecule has 0 aromatic heterocycles. The molecule has 1 aliphatic heterocycles. The van der Waals surface area contributed by atoms with E-state index in [1.807, 2.05) is 0 Å². The van der Waals surface area contributed by atoms with Crippen molar-refractivity contribution < 1.29 is 9.84 Å². The molecule has 5 unspecified atom stereocenters. The smallest absolute Gasteiger partial charge is 0.0577 e. The van der Waals surface area contributed by atoms with Crippen LogP contribution in [0.25, 0.3) is 0 Å². The van der Waals surface area contributed by atoms with Crippen molar-refractivity contribution in [3.05, 3.63) is 0 Å². The first-order chi connectivity index (χ1) is 9.33. The zero-order valence-corrected chi connectivity index (χ0v) is 12.2. The predicted octanol–water partition coefficient (Wildman–Crippen LogP) is 3.91. The minimum atomic E-state index is -0.0629. The highest BCUT2D eigenvalue weighted by atomic mass is 16.5. The molecule has 2 nitrogen and oxygen atoms in total. The van der Waals surface area contributed by atoms with Crippen LogP contribution in [0.1, 0.15) is 70.6 Å². The fraction of sp³-hybridized carbons (Fsp3) is 1.00. The van der Waals surface area contributed by atoms with Crippen LogP contribution in [0, 0.1) is 17.8 Å². The molecule has 3 fully saturated rings. The molecule has 0 radical (unpaired) electrons. The predicted molar refractivity (Wildman–Crippen MR) is 77.0 cm³/mol. The largest absolute Gasteiger partial charge is 0.393 e. The lowest BCUT2D eigenvalue weighted by atomic mass is 9.66. The highest BCUT2D eigenvalue weighted by Gasteiger charge is 2.34. The van der Waals surface area contributed by atoms with E-state index in [0.717, 1.165) is 31.3 Å². The summed E-state index contributed by atoms with van der Waals surface area (Å²) >= 11 is 0. The number of hydrogen-bond acceptors (Lipinski definition) is 2. The van der Waals surface area contributed by atoms with Gasteiger partial charge in [-0.3, -0.25) is 0 Å². The van der Waals surface area contributed by atoms with E-state index in [4.69, 9.17) is 4.74 Å². The second kappa shape index (κ2) is 6.58. The van der Waals surface area contributed by atoms with Crippen molar-refractivity contribution in [1.29, 1.82) is 0 Å². The minimum absolute atomic E-state index is 0.0629. The second-order valence-corrected chi connectivity index (χ2v) is 7.16. The molecule has 0 spiro atoms. The Bertz CT molecular complexity index is 272. The summed E-state index contributed by atoms with van der Waals surface area (Å²) in [6.07, 6.45) is 14.6. The van der Waals surface area contributed by atoms with Gasteiger partial charge in [0, 0.05) is 6.61 Å². The van der Waals surface area contributed by atoms with Crippen LogP contribution in [-0.4, -0.2) is 23.9 Å². The van der Waals surface area contributed by atoms with E-state index in [1.54, 1.807) is 0 Å². The molecule has 2 heteroatoms. The fourth-order valence-corrected chi connectivity index (χ4v) is 4.72. The van der Waals surface area contributed by atoms with Crippen LogP contribution in [0.5, 0.6) is 0 Å². The monoisotopic (exact) mass is 266 g/mol. The molecule has 2 aliphatic carbocycles. The Labute approximate surface area is 117 Å². The second-order valence-electron chi connectivity index (χ2n) is 7.16. The molecule has 0 aromatic carbocycles. The van der Waals surface area contributed by atoms with E-state index < -0.39 is 0 Å². The summed E-state index contributed by atoms with van der Waals surface area (Å²) in [5.41, 5.74) is 0. The van der Waals surface area contributed by atoms with Crippen molar-refractivity contribution in [2.75, 3.05) is 6.61 Å². The number of aliphatic hydroxyl groups excluding tert-OH is 1. The van der Waals surface area contributed by atoms with Gasteiger partial charge in [0.15, 0.2) is 0 Å². The summed E-state index contributed by atoms with van der Waals surface area (Å²) in [5, 5.41) is 10.5. The van der Waals surface area contributed by atoms with Gasteiger partial charge in [-0.2, -0.15) is 0 Å². The van der Waals surface area contributed by atoms with Crippen LogP contribution < -0.4 is 0 Å². The minimum Gasteiger partial charge on any atom is -0.393 e. The van der Waals surface area contributed by atoms with Gasteiger partial charge >= 0.3 is 0 Å². The van der Waals surface area contributed by atoms with Gasteiger partial charge in [-0.1, -0.05) is 25.7 Å². The summed E-state index contributed by atoms with van der Waals surface area (Å²) in [4.78, 5) is 0. The van der Waals surface area contributed by atoms with Gasteiger partial charge in [0.2, 0.25) is 0 Å². The highest BCUT2D eigenvalue weighted by molar-refractivity contribution is 4.86. The highest BCUT2D eigenvalue weighted by Crippen LogP contribution is 2.44. The molecular weight excluding hydrogens is 236 g/mol. The number of rotatable bonds is 4. The maximum absolute atomic E-state index is 10.5. The molecule has 110 valence electrons. The normalized spacial score (nSPS) is 40.9. The maximum Gasteiger partial charge on any atom is 0.0577 e.